The van der Waals surface area contributed by atoms with E-state index in [1.165, 1.54) is 18.5 Å². The first-order chi connectivity index (χ1) is 9.97. The van der Waals surface area contributed by atoms with Gasteiger partial charge in [-0.15, -0.1) is 0 Å². The van der Waals surface area contributed by atoms with Crippen LogP contribution in [0.15, 0.2) is 18.2 Å². The molecule has 0 heterocycles. The van der Waals surface area contributed by atoms with Crippen LogP contribution in [0.25, 0.3) is 0 Å². The van der Waals surface area contributed by atoms with Crippen LogP contribution in [-0.2, 0) is 9.59 Å². The SMILES string of the molecule is COc1ccc(Cl)cc1NC(=O)C[C@H]([NH2+]CC[NH3+])C(=O)[O-]. The van der Waals surface area contributed by atoms with Crippen LogP contribution in [0.5, 0.6) is 5.75 Å². The van der Waals surface area contributed by atoms with Crippen molar-refractivity contribution in [2.75, 3.05) is 25.5 Å². The van der Waals surface area contributed by atoms with Crippen LogP contribution < -0.4 is 26.2 Å². The summed E-state index contributed by atoms with van der Waals surface area (Å²) in [6.07, 6.45) is -0.210. The maximum atomic E-state index is 11.9. The molecule has 0 bridgehead atoms. The standard InChI is InChI=1S/C13H18ClN3O4/c1-21-11-3-2-8(14)6-9(11)17-12(18)7-10(13(19)20)16-5-4-15/h2-3,6,10,16H,4-5,7,15H2,1H3,(H,17,18)(H,19,20)/p+1/t10-/m0/s1. The number of hydrogen-bond acceptors (Lipinski definition) is 4. The van der Waals surface area contributed by atoms with Crippen LogP contribution in [-0.4, -0.2) is 38.1 Å². The highest BCUT2D eigenvalue weighted by atomic mass is 35.5. The smallest absolute Gasteiger partial charge is 0.230 e. The molecule has 0 aliphatic heterocycles. The normalized spacial score (nSPS) is 11.8. The summed E-state index contributed by atoms with van der Waals surface area (Å²) in [5.74, 6) is -1.29. The Morgan fingerprint density at radius 3 is 2.81 bits per heavy atom. The molecule has 0 fully saturated rings. The molecule has 0 saturated heterocycles. The zero-order valence-corrected chi connectivity index (χ0v) is 12.5. The van der Waals surface area contributed by atoms with Crippen LogP contribution in [0.4, 0.5) is 5.69 Å². The Hall–Kier alpha value is -1.83. The molecule has 0 aliphatic carbocycles. The molecule has 1 aromatic carbocycles. The minimum absolute atomic E-state index is 0.210. The number of nitrogens with two attached hydrogens (primary N) is 1. The number of aliphatic carboxylic acids is 1. The number of methoxy groups -OCH3 is 1. The molecule has 0 aliphatic rings. The Morgan fingerprint density at radius 2 is 2.24 bits per heavy atom. The zero-order valence-electron chi connectivity index (χ0n) is 11.7. The predicted molar refractivity (Wildman–Crippen MR) is 74.6 cm³/mol. The Morgan fingerprint density at radius 1 is 1.52 bits per heavy atom. The Kier molecular flexibility index (Phi) is 6.93. The summed E-state index contributed by atoms with van der Waals surface area (Å²) in [5, 5.41) is 15.5. The third-order valence-electron chi connectivity index (χ3n) is 2.80. The van der Waals surface area contributed by atoms with Crippen LogP contribution in [0.3, 0.4) is 0 Å². The van der Waals surface area contributed by atoms with E-state index in [4.69, 9.17) is 16.3 Å². The number of rotatable bonds is 8. The highest BCUT2D eigenvalue weighted by Crippen LogP contribution is 2.27. The van der Waals surface area contributed by atoms with Gasteiger partial charge in [-0.2, -0.15) is 0 Å². The molecule has 0 aromatic heterocycles. The Bertz CT molecular complexity index is 510. The quantitative estimate of drug-likeness (QED) is 0.495. The summed E-state index contributed by atoms with van der Waals surface area (Å²) in [4.78, 5) is 22.9. The van der Waals surface area contributed by atoms with E-state index >= 15 is 0 Å². The summed E-state index contributed by atoms with van der Waals surface area (Å²) in [7, 11) is 1.46. The molecule has 1 rings (SSSR count). The van der Waals surface area contributed by atoms with Gasteiger partial charge in [-0.05, 0) is 18.2 Å². The lowest BCUT2D eigenvalue weighted by Crippen LogP contribution is -2.95. The average Bonchev–Trinajstić information content (AvgIpc) is 2.43. The first kappa shape index (κ1) is 17.2. The van der Waals surface area contributed by atoms with Crippen LogP contribution >= 0.6 is 11.6 Å². The molecule has 21 heavy (non-hydrogen) atoms. The van der Waals surface area contributed by atoms with E-state index in [0.29, 0.717) is 29.5 Å². The molecular weight excluding hydrogens is 298 g/mol. The second kappa shape index (κ2) is 8.46. The van der Waals surface area contributed by atoms with Gasteiger partial charge in [0.1, 0.15) is 24.9 Å². The summed E-state index contributed by atoms with van der Waals surface area (Å²) in [6, 6.07) is 3.83. The van der Waals surface area contributed by atoms with Gasteiger partial charge in [0.15, 0.2) is 0 Å². The van der Waals surface area contributed by atoms with E-state index in [0.717, 1.165) is 0 Å². The van der Waals surface area contributed by atoms with Crippen molar-refractivity contribution in [2.45, 2.75) is 12.5 Å². The number of amides is 1. The van der Waals surface area contributed by atoms with Crippen molar-refractivity contribution >= 4 is 29.2 Å². The molecule has 7 nitrogen and oxygen atoms in total. The van der Waals surface area contributed by atoms with E-state index < -0.39 is 17.9 Å². The van der Waals surface area contributed by atoms with E-state index in [2.05, 4.69) is 11.1 Å². The van der Waals surface area contributed by atoms with Gasteiger partial charge in [0.25, 0.3) is 0 Å². The first-order valence-electron chi connectivity index (χ1n) is 6.44. The fourth-order valence-corrected chi connectivity index (χ4v) is 1.93. The van der Waals surface area contributed by atoms with Crippen molar-refractivity contribution in [1.82, 2.24) is 0 Å². The lowest BCUT2D eigenvalue weighted by molar-refractivity contribution is -0.695. The minimum Gasteiger partial charge on any atom is -0.544 e. The van der Waals surface area contributed by atoms with Crippen LogP contribution in [0.1, 0.15) is 6.42 Å². The van der Waals surface area contributed by atoms with E-state index in [9.17, 15) is 14.7 Å². The van der Waals surface area contributed by atoms with Gasteiger partial charge >= 0.3 is 0 Å². The lowest BCUT2D eigenvalue weighted by atomic mass is 10.2. The molecule has 116 valence electrons. The van der Waals surface area contributed by atoms with Crippen molar-refractivity contribution in [3.05, 3.63) is 23.2 Å². The molecule has 0 saturated carbocycles. The second-order valence-electron chi connectivity index (χ2n) is 4.40. The Labute approximate surface area is 127 Å². The van der Waals surface area contributed by atoms with E-state index in [-0.39, 0.29) is 6.42 Å². The predicted octanol–water partition coefficient (Wildman–Crippen LogP) is -2.40. The topological polar surface area (TPSA) is 123 Å². The number of carboxylic acids is 1. The highest BCUT2D eigenvalue weighted by molar-refractivity contribution is 6.31. The van der Waals surface area contributed by atoms with Crippen molar-refractivity contribution in [2.24, 2.45) is 0 Å². The number of benzene rings is 1. The van der Waals surface area contributed by atoms with Crippen LogP contribution in [0, 0.1) is 0 Å². The average molecular weight is 317 g/mol. The summed E-state index contributed by atoms with van der Waals surface area (Å²) in [6.45, 7) is 1.07. The molecule has 1 atom stereocenters. The number of ether oxygens (including phenoxy) is 1. The van der Waals surface area contributed by atoms with Gasteiger partial charge in [-0.1, -0.05) is 11.6 Å². The number of carbonyl (C=O) groups is 2. The van der Waals surface area contributed by atoms with E-state index in [1.807, 2.05) is 0 Å². The molecule has 0 radical (unpaired) electrons. The van der Waals surface area contributed by atoms with Crippen molar-refractivity contribution in [3.63, 3.8) is 0 Å². The number of anilines is 1. The highest BCUT2D eigenvalue weighted by Gasteiger charge is 2.19. The minimum atomic E-state index is -1.28. The van der Waals surface area contributed by atoms with Gasteiger partial charge in [0.05, 0.1) is 25.2 Å². The van der Waals surface area contributed by atoms with Gasteiger partial charge in [0.2, 0.25) is 5.91 Å². The summed E-state index contributed by atoms with van der Waals surface area (Å²) in [5.41, 5.74) is 4.01. The molecular formula is C13H19ClN3O4+. The number of quaternary nitrogens is 2. The fourth-order valence-electron chi connectivity index (χ4n) is 1.76. The van der Waals surface area contributed by atoms with Crippen LogP contribution in [0.2, 0.25) is 5.02 Å². The number of carboxylic acid groups (broad SMARTS) is 1. The lowest BCUT2D eigenvalue weighted by Gasteiger charge is -2.16. The number of nitrogens with one attached hydrogen (secondary N) is 1. The second-order valence-corrected chi connectivity index (χ2v) is 4.84. The van der Waals surface area contributed by atoms with Crippen molar-refractivity contribution in [3.8, 4) is 5.75 Å². The van der Waals surface area contributed by atoms with Gasteiger partial charge in [-0.25, -0.2) is 0 Å². The third-order valence-corrected chi connectivity index (χ3v) is 3.03. The number of halogens is 1. The molecule has 8 heteroatoms. The number of carbonyl (C=O) groups excluding carboxylic acids is 2. The summed E-state index contributed by atoms with van der Waals surface area (Å²) < 4.78 is 5.10. The van der Waals surface area contributed by atoms with E-state index in [1.54, 1.807) is 12.1 Å². The third kappa shape index (κ3) is 5.58. The molecule has 0 spiro atoms. The van der Waals surface area contributed by atoms with Crippen molar-refractivity contribution in [1.29, 1.82) is 0 Å². The maximum Gasteiger partial charge on any atom is 0.230 e. The van der Waals surface area contributed by atoms with Gasteiger partial charge in [0, 0.05) is 5.02 Å². The molecule has 6 N–H and O–H groups in total. The maximum absolute atomic E-state index is 11.9. The van der Waals surface area contributed by atoms with Gasteiger partial charge < -0.3 is 31.0 Å². The largest absolute Gasteiger partial charge is 0.544 e. The molecule has 1 aromatic rings. The Balaban J connectivity index is 2.71. The molecule has 1 amide bonds. The monoisotopic (exact) mass is 316 g/mol. The van der Waals surface area contributed by atoms with Crippen molar-refractivity contribution < 1.29 is 30.5 Å². The van der Waals surface area contributed by atoms with Gasteiger partial charge in [-0.3, -0.25) is 4.79 Å². The number of hydrogen-bond donors (Lipinski definition) is 3. The summed E-state index contributed by atoms with van der Waals surface area (Å²) >= 11 is 5.86. The molecule has 0 unspecified atom stereocenters. The fraction of sp³-hybridized carbons (Fsp3) is 0.385. The first-order valence-corrected chi connectivity index (χ1v) is 6.82. The zero-order chi connectivity index (χ0) is 15.8.